The Morgan fingerprint density at radius 3 is 2.77 bits per heavy atom. The number of furan rings is 1. The van der Waals surface area contributed by atoms with Crippen molar-refractivity contribution in [3.63, 3.8) is 0 Å². The molecule has 1 amide bonds. The van der Waals surface area contributed by atoms with E-state index >= 15 is 0 Å². The van der Waals surface area contributed by atoms with Crippen LogP contribution in [0.4, 0.5) is 4.39 Å². The van der Waals surface area contributed by atoms with Gasteiger partial charge < -0.3 is 9.73 Å². The lowest BCUT2D eigenvalue weighted by atomic mass is 10.1. The molecule has 0 radical (unpaired) electrons. The Labute approximate surface area is 126 Å². The summed E-state index contributed by atoms with van der Waals surface area (Å²) in [7, 11) is 1.69. The van der Waals surface area contributed by atoms with Gasteiger partial charge in [0.2, 0.25) is 0 Å². The average molecular weight is 299 g/mol. The first kappa shape index (κ1) is 14.1. The van der Waals surface area contributed by atoms with E-state index < -0.39 is 0 Å². The van der Waals surface area contributed by atoms with Gasteiger partial charge in [-0.15, -0.1) is 0 Å². The molecule has 5 nitrogen and oxygen atoms in total. The fraction of sp³-hybridized carbons (Fsp3) is 0.125. The summed E-state index contributed by atoms with van der Waals surface area (Å²) in [6.07, 6.45) is 1.55. The predicted molar refractivity (Wildman–Crippen MR) is 78.5 cm³/mol. The third kappa shape index (κ3) is 2.90. The molecule has 0 aliphatic heterocycles. The van der Waals surface area contributed by atoms with Crippen LogP contribution in [0.1, 0.15) is 16.2 Å². The molecule has 0 saturated carbocycles. The smallest absolute Gasteiger partial charge is 0.269 e. The van der Waals surface area contributed by atoms with Gasteiger partial charge in [-0.1, -0.05) is 0 Å². The molecule has 112 valence electrons. The molecule has 0 aliphatic carbocycles. The minimum Gasteiger partial charge on any atom is -0.467 e. The minimum absolute atomic E-state index is 0.250. The number of hydrogen-bond donors (Lipinski definition) is 1. The maximum Gasteiger partial charge on any atom is 0.269 e. The number of carbonyl (C=O) groups is 1. The first-order chi connectivity index (χ1) is 10.6. The Morgan fingerprint density at radius 1 is 1.32 bits per heavy atom. The number of hydrogen-bond acceptors (Lipinski definition) is 3. The van der Waals surface area contributed by atoms with Crippen LogP contribution < -0.4 is 5.32 Å². The molecule has 0 saturated heterocycles. The van der Waals surface area contributed by atoms with Crippen molar-refractivity contribution < 1.29 is 13.6 Å². The van der Waals surface area contributed by atoms with Crippen LogP contribution in [0.5, 0.6) is 0 Å². The van der Waals surface area contributed by atoms with Crippen molar-refractivity contribution >= 4 is 5.91 Å². The van der Waals surface area contributed by atoms with Crippen LogP contribution in [-0.2, 0) is 13.6 Å². The fourth-order valence-corrected chi connectivity index (χ4v) is 2.11. The third-order valence-electron chi connectivity index (χ3n) is 3.26. The Kier molecular flexibility index (Phi) is 3.74. The molecule has 2 aromatic heterocycles. The summed E-state index contributed by atoms with van der Waals surface area (Å²) in [5.41, 5.74) is 1.79. The molecule has 3 rings (SSSR count). The quantitative estimate of drug-likeness (QED) is 0.806. The predicted octanol–water partition coefficient (Wildman–Crippen LogP) is 2.75. The largest absolute Gasteiger partial charge is 0.467 e. The third-order valence-corrected chi connectivity index (χ3v) is 3.26. The Hall–Kier alpha value is -2.89. The van der Waals surface area contributed by atoms with Crippen molar-refractivity contribution in [1.82, 2.24) is 15.1 Å². The lowest BCUT2D eigenvalue weighted by Gasteiger charge is -2.02. The van der Waals surface area contributed by atoms with Crippen molar-refractivity contribution in [2.45, 2.75) is 6.54 Å². The molecule has 6 heteroatoms. The van der Waals surface area contributed by atoms with Gasteiger partial charge in [0.15, 0.2) is 0 Å². The van der Waals surface area contributed by atoms with E-state index in [1.54, 1.807) is 43.6 Å². The number of aromatic nitrogens is 2. The molecule has 1 N–H and O–H groups in total. The summed E-state index contributed by atoms with van der Waals surface area (Å²) < 4.78 is 19.6. The Morgan fingerprint density at radius 2 is 2.09 bits per heavy atom. The van der Waals surface area contributed by atoms with E-state index in [4.69, 9.17) is 4.42 Å². The molecular formula is C16H14FN3O2. The molecule has 0 bridgehead atoms. The maximum atomic E-state index is 13.0. The van der Waals surface area contributed by atoms with Gasteiger partial charge in [0.25, 0.3) is 5.91 Å². The lowest BCUT2D eigenvalue weighted by Crippen LogP contribution is -2.24. The number of nitrogens with one attached hydrogen (secondary N) is 1. The summed E-state index contributed by atoms with van der Waals surface area (Å²) in [6.45, 7) is 0.308. The minimum atomic E-state index is -0.309. The first-order valence-electron chi connectivity index (χ1n) is 6.74. The molecule has 0 atom stereocenters. The van der Waals surface area contributed by atoms with Crippen molar-refractivity contribution in [1.29, 1.82) is 0 Å². The van der Waals surface area contributed by atoms with E-state index in [-0.39, 0.29) is 11.7 Å². The average Bonchev–Trinajstić information content (AvgIpc) is 3.15. The monoisotopic (exact) mass is 299 g/mol. The van der Waals surface area contributed by atoms with Crippen LogP contribution >= 0.6 is 0 Å². The van der Waals surface area contributed by atoms with Crippen LogP contribution in [0, 0.1) is 5.82 Å². The topological polar surface area (TPSA) is 60.1 Å². The van der Waals surface area contributed by atoms with Crippen molar-refractivity contribution in [2.75, 3.05) is 0 Å². The Balaban J connectivity index is 1.76. The number of nitrogens with zero attached hydrogens (tertiary/aromatic N) is 2. The highest BCUT2D eigenvalue weighted by Crippen LogP contribution is 2.19. The number of aryl methyl sites for hydroxylation is 1. The summed E-state index contributed by atoms with van der Waals surface area (Å²) in [4.78, 5) is 12.2. The lowest BCUT2D eigenvalue weighted by molar-refractivity contribution is 0.0938. The van der Waals surface area contributed by atoms with Gasteiger partial charge in [-0.2, -0.15) is 5.10 Å². The van der Waals surface area contributed by atoms with E-state index in [9.17, 15) is 9.18 Å². The highest BCUT2D eigenvalue weighted by Gasteiger charge is 2.14. The zero-order chi connectivity index (χ0) is 15.5. The molecule has 3 aromatic rings. The molecule has 1 aromatic carbocycles. The zero-order valence-corrected chi connectivity index (χ0v) is 11.9. The van der Waals surface area contributed by atoms with E-state index in [1.807, 2.05) is 0 Å². The maximum absolute atomic E-state index is 13.0. The highest BCUT2D eigenvalue weighted by molar-refractivity contribution is 5.93. The van der Waals surface area contributed by atoms with E-state index in [0.717, 1.165) is 5.56 Å². The molecule has 0 spiro atoms. The van der Waals surface area contributed by atoms with Crippen LogP contribution in [0.25, 0.3) is 11.3 Å². The van der Waals surface area contributed by atoms with Gasteiger partial charge in [0, 0.05) is 12.6 Å². The summed E-state index contributed by atoms with van der Waals surface area (Å²) >= 11 is 0. The van der Waals surface area contributed by atoms with E-state index in [1.165, 1.54) is 16.8 Å². The number of rotatable bonds is 4. The number of amides is 1. The van der Waals surface area contributed by atoms with Gasteiger partial charge in [0.1, 0.15) is 17.3 Å². The van der Waals surface area contributed by atoms with Crippen LogP contribution in [-0.4, -0.2) is 15.7 Å². The second-order valence-electron chi connectivity index (χ2n) is 4.81. The highest BCUT2D eigenvalue weighted by atomic mass is 19.1. The SMILES string of the molecule is Cn1nc(-c2ccc(F)cc2)cc1C(=O)NCc1ccco1. The number of carbonyl (C=O) groups excluding carboxylic acids is 1. The van der Waals surface area contributed by atoms with Gasteiger partial charge in [-0.3, -0.25) is 9.48 Å². The zero-order valence-electron chi connectivity index (χ0n) is 11.9. The second-order valence-corrected chi connectivity index (χ2v) is 4.81. The summed E-state index contributed by atoms with van der Waals surface area (Å²) in [6, 6.07) is 11.2. The fourth-order valence-electron chi connectivity index (χ4n) is 2.11. The molecule has 0 fully saturated rings. The van der Waals surface area contributed by atoms with Crippen molar-refractivity contribution in [3.8, 4) is 11.3 Å². The van der Waals surface area contributed by atoms with Crippen LogP contribution in [0.15, 0.2) is 53.1 Å². The van der Waals surface area contributed by atoms with Gasteiger partial charge >= 0.3 is 0 Å². The van der Waals surface area contributed by atoms with Crippen LogP contribution in [0.3, 0.4) is 0 Å². The molecule has 0 unspecified atom stereocenters. The van der Waals surface area contributed by atoms with Crippen molar-refractivity contribution in [3.05, 3.63) is 66.0 Å². The Bertz CT molecular complexity index is 776. The number of halogens is 1. The molecular weight excluding hydrogens is 285 g/mol. The van der Waals surface area contributed by atoms with Crippen LogP contribution in [0.2, 0.25) is 0 Å². The second kappa shape index (κ2) is 5.85. The van der Waals surface area contributed by atoms with Gasteiger partial charge in [0.05, 0.1) is 18.5 Å². The van der Waals surface area contributed by atoms with Gasteiger partial charge in [-0.05, 0) is 42.5 Å². The van der Waals surface area contributed by atoms with Gasteiger partial charge in [-0.25, -0.2) is 4.39 Å². The van der Waals surface area contributed by atoms with Crippen molar-refractivity contribution in [2.24, 2.45) is 7.05 Å². The molecule has 2 heterocycles. The normalized spacial score (nSPS) is 10.6. The summed E-state index contributed by atoms with van der Waals surface area (Å²) in [5, 5.41) is 7.05. The number of benzene rings is 1. The van der Waals surface area contributed by atoms with E-state index in [0.29, 0.717) is 23.7 Å². The standard InChI is InChI=1S/C16H14FN3O2/c1-20-15(16(21)18-10-13-3-2-8-22-13)9-14(19-20)11-4-6-12(17)7-5-11/h2-9H,10H2,1H3,(H,18,21). The first-order valence-corrected chi connectivity index (χ1v) is 6.74. The molecule has 22 heavy (non-hydrogen) atoms. The van der Waals surface area contributed by atoms with E-state index in [2.05, 4.69) is 10.4 Å². The molecule has 0 aliphatic rings. The summed E-state index contributed by atoms with van der Waals surface area (Å²) in [5.74, 6) is 0.116.